The molecule has 17 heavy (non-hydrogen) atoms. The van der Waals surface area contributed by atoms with E-state index in [4.69, 9.17) is 5.11 Å². The van der Waals surface area contributed by atoms with Gasteiger partial charge in [-0.3, -0.25) is 9.59 Å². The van der Waals surface area contributed by atoms with Gasteiger partial charge < -0.3 is 15.1 Å². The fourth-order valence-corrected chi connectivity index (χ4v) is 2.90. The Morgan fingerprint density at radius 2 is 1.71 bits per heavy atom. The van der Waals surface area contributed by atoms with Gasteiger partial charge in [-0.25, -0.2) is 0 Å². The molecule has 0 aromatic carbocycles. The lowest BCUT2D eigenvalue weighted by Crippen LogP contribution is -2.41. The average Bonchev–Trinajstić information content (AvgIpc) is 2.75. The molecule has 1 aliphatic heterocycles. The second kappa shape index (κ2) is 5.04. The Morgan fingerprint density at radius 1 is 1.06 bits per heavy atom. The minimum atomic E-state index is -0.859. The van der Waals surface area contributed by atoms with Crippen molar-refractivity contribution in [2.24, 2.45) is 11.8 Å². The second-order valence-electron chi connectivity index (χ2n) is 5.06. The largest absolute Gasteiger partial charge is 0.481 e. The highest BCUT2D eigenvalue weighted by molar-refractivity contribution is 5.85. The summed E-state index contributed by atoms with van der Waals surface area (Å²) in [7, 11) is 0. The van der Waals surface area contributed by atoms with Gasteiger partial charge in [-0.1, -0.05) is 12.8 Å². The van der Waals surface area contributed by atoms with Gasteiger partial charge in [-0.15, -0.1) is 0 Å². The summed E-state index contributed by atoms with van der Waals surface area (Å²) in [5, 5.41) is 18.5. The van der Waals surface area contributed by atoms with Crippen molar-refractivity contribution in [3.8, 4) is 0 Å². The van der Waals surface area contributed by atoms with Gasteiger partial charge in [0.1, 0.15) is 0 Å². The smallest absolute Gasteiger partial charge is 0.307 e. The van der Waals surface area contributed by atoms with Gasteiger partial charge in [0, 0.05) is 13.1 Å². The number of aliphatic hydroxyl groups excluding tert-OH is 1. The minimum absolute atomic E-state index is 0.0753. The van der Waals surface area contributed by atoms with Crippen molar-refractivity contribution in [1.82, 2.24) is 4.90 Å². The number of aliphatic hydroxyl groups is 1. The molecular weight excluding hydrogens is 222 g/mol. The van der Waals surface area contributed by atoms with E-state index in [2.05, 4.69) is 0 Å². The summed E-state index contributed by atoms with van der Waals surface area (Å²) in [6.45, 7) is 0.921. The lowest BCUT2D eigenvalue weighted by Gasteiger charge is -2.30. The minimum Gasteiger partial charge on any atom is -0.481 e. The van der Waals surface area contributed by atoms with Crippen LogP contribution in [0.1, 0.15) is 32.1 Å². The molecule has 0 aromatic heterocycles. The molecule has 0 aromatic rings. The van der Waals surface area contributed by atoms with Crippen molar-refractivity contribution < 1.29 is 19.8 Å². The number of β-amino-alcohol motifs (C(OH)–C–C–N with tert-alkyl or cyclic N) is 1. The van der Waals surface area contributed by atoms with E-state index < -0.39 is 18.0 Å². The van der Waals surface area contributed by atoms with Crippen molar-refractivity contribution >= 4 is 11.9 Å². The number of likely N-dealkylation sites (tertiary alicyclic amines) is 1. The average molecular weight is 241 g/mol. The van der Waals surface area contributed by atoms with E-state index in [1.165, 1.54) is 0 Å². The summed E-state index contributed by atoms with van der Waals surface area (Å²) in [6.07, 6.45) is 3.26. The first-order valence-corrected chi connectivity index (χ1v) is 6.29. The first-order chi connectivity index (χ1) is 8.09. The molecule has 0 radical (unpaired) electrons. The van der Waals surface area contributed by atoms with E-state index in [9.17, 15) is 14.7 Å². The topological polar surface area (TPSA) is 77.8 Å². The normalized spacial score (nSPS) is 33.7. The third-order valence-corrected chi connectivity index (χ3v) is 3.88. The number of aliphatic carboxylic acids is 1. The highest BCUT2D eigenvalue weighted by Gasteiger charge is 2.39. The van der Waals surface area contributed by atoms with Crippen LogP contribution in [0.5, 0.6) is 0 Å². The summed E-state index contributed by atoms with van der Waals surface area (Å²) < 4.78 is 0. The molecule has 1 amide bonds. The molecule has 1 heterocycles. The van der Waals surface area contributed by atoms with E-state index in [1.807, 2.05) is 0 Å². The molecule has 1 aliphatic carbocycles. The first-order valence-electron chi connectivity index (χ1n) is 6.29. The van der Waals surface area contributed by atoms with Gasteiger partial charge in [0.15, 0.2) is 0 Å². The zero-order chi connectivity index (χ0) is 12.4. The third-order valence-electron chi connectivity index (χ3n) is 3.88. The number of carboxylic acid groups (broad SMARTS) is 1. The van der Waals surface area contributed by atoms with Gasteiger partial charge in [0.2, 0.25) is 5.91 Å². The van der Waals surface area contributed by atoms with Crippen LogP contribution in [-0.2, 0) is 9.59 Å². The van der Waals surface area contributed by atoms with Gasteiger partial charge in [0.25, 0.3) is 0 Å². The molecule has 0 bridgehead atoms. The van der Waals surface area contributed by atoms with Gasteiger partial charge in [-0.05, 0) is 19.3 Å². The van der Waals surface area contributed by atoms with Crippen molar-refractivity contribution in [2.75, 3.05) is 13.1 Å². The lowest BCUT2D eigenvalue weighted by molar-refractivity contribution is -0.152. The molecule has 1 saturated carbocycles. The van der Waals surface area contributed by atoms with E-state index in [0.29, 0.717) is 32.4 Å². The molecule has 2 aliphatic rings. The molecule has 2 N–H and O–H groups in total. The van der Waals surface area contributed by atoms with Crippen molar-refractivity contribution in [1.29, 1.82) is 0 Å². The van der Waals surface area contributed by atoms with Crippen LogP contribution in [-0.4, -0.2) is 46.2 Å². The number of rotatable bonds is 2. The highest BCUT2D eigenvalue weighted by Crippen LogP contribution is 2.32. The van der Waals surface area contributed by atoms with Gasteiger partial charge in [0.05, 0.1) is 17.9 Å². The third kappa shape index (κ3) is 2.60. The quantitative estimate of drug-likeness (QED) is 0.736. The SMILES string of the molecule is O=C(O)C1CCCCC1C(=O)N1CC[C@@H](O)C1. The number of carbonyl (C=O) groups excluding carboxylic acids is 1. The van der Waals surface area contributed by atoms with Crippen LogP contribution in [0.15, 0.2) is 0 Å². The number of hydrogen-bond acceptors (Lipinski definition) is 3. The fourth-order valence-electron chi connectivity index (χ4n) is 2.90. The zero-order valence-electron chi connectivity index (χ0n) is 9.84. The predicted octanol–water partition coefficient (Wildman–Crippen LogP) is 0.471. The zero-order valence-corrected chi connectivity index (χ0v) is 9.84. The van der Waals surface area contributed by atoms with Crippen LogP contribution in [0.3, 0.4) is 0 Å². The number of amides is 1. The molecule has 5 nitrogen and oxygen atoms in total. The Morgan fingerprint density at radius 3 is 2.24 bits per heavy atom. The molecule has 2 unspecified atom stereocenters. The van der Waals surface area contributed by atoms with Crippen LogP contribution in [0.4, 0.5) is 0 Å². The molecule has 2 rings (SSSR count). The van der Waals surface area contributed by atoms with Crippen LogP contribution >= 0.6 is 0 Å². The van der Waals surface area contributed by atoms with E-state index in [-0.39, 0.29) is 11.8 Å². The number of hydrogen-bond donors (Lipinski definition) is 2. The Bertz CT molecular complexity index is 318. The maximum absolute atomic E-state index is 12.2. The predicted molar refractivity (Wildman–Crippen MR) is 60.3 cm³/mol. The molecular formula is C12H19NO4. The second-order valence-corrected chi connectivity index (χ2v) is 5.06. The Hall–Kier alpha value is -1.10. The van der Waals surface area contributed by atoms with Gasteiger partial charge >= 0.3 is 5.97 Å². The van der Waals surface area contributed by atoms with Crippen LogP contribution in [0.25, 0.3) is 0 Å². The maximum atomic E-state index is 12.2. The summed E-state index contributed by atoms with van der Waals surface area (Å²) in [4.78, 5) is 25.0. The lowest BCUT2D eigenvalue weighted by atomic mass is 9.78. The Labute approximate surface area is 100 Å². The molecule has 2 fully saturated rings. The van der Waals surface area contributed by atoms with Crippen molar-refractivity contribution in [3.05, 3.63) is 0 Å². The van der Waals surface area contributed by atoms with Gasteiger partial charge in [-0.2, -0.15) is 0 Å². The van der Waals surface area contributed by atoms with E-state index >= 15 is 0 Å². The fraction of sp³-hybridized carbons (Fsp3) is 0.833. The molecule has 5 heteroatoms. The van der Waals surface area contributed by atoms with Crippen molar-refractivity contribution in [2.45, 2.75) is 38.2 Å². The summed E-state index contributed by atoms with van der Waals surface area (Å²) in [6, 6.07) is 0. The molecule has 3 atom stereocenters. The molecule has 0 spiro atoms. The summed E-state index contributed by atoms with van der Waals surface area (Å²) in [5.41, 5.74) is 0. The first kappa shape index (κ1) is 12.4. The summed E-state index contributed by atoms with van der Waals surface area (Å²) >= 11 is 0. The number of nitrogens with zero attached hydrogens (tertiary/aromatic N) is 1. The number of carbonyl (C=O) groups is 2. The maximum Gasteiger partial charge on any atom is 0.307 e. The summed E-state index contributed by atoms with van der Waals surface area (Å²) in [5.74, 6) is -1.85. The Kier molecular flexibility index (Phi) is 3.66. The van der Waals surface area contributed by atoms with E-state index in [1.54, 1.807) is 4.90 Å². The standard InChI is InChI=1S/C12H19NO4/c14-8-5-6-13(7-8)11(15)9-3-1-2-4-10(9)12(16)17/h8-10,14H,1-7H2,(H,16,17)/t8-,9?,10?/m1/s1. The monoisotopic (exact) mass is 241 g/mol. The number of carboxylic acids is 1. The van der Waals surface area contributed by atoms with Crippen LogP contribution in [0, 0.1) is 11.8 Å². The van der Waals surface area contributed by atoms with Crippen LogP contribution < -0.4 is 0 Å². The molecule has 96 valence electrons. The Balaban J connectivity index is 2.03. The van der Waals surface area contributed by atoms with Crippen LogP contribution in [0.2, 0.25) is 0 Å². The molecule has 1 saturated heterocycles. The van der Waals surface area contributed by atoms with Crippen molar-refractivity contribution in [3.63, 3.8) is 0 Å². The highest BCUT2D eigenvalue weighted by atomic mass is 16.4. The van der Waals surface area contributed by atoms with E-state index in [0.717, 1.165) is 12.8 Å².